The second kappa shape index (κ2) is 8.38. The van der Waals surface area contributed by atoms with Crippen LogP contribution < -0.4 is 5.73 Å². The number of hydrogen-bond acceptors (Lipinski definition) is 3. The van der Waals surface area contributed by atoms with Gasteiger partial charge in [0.05, 0.1) is 0 Å². The van der Waals surface area contributed by atoms with Crippen molar-refractivity contribution in [2.24, 2.45) is 5.73 Å². The topological polar surface area (TPSA) is 46.3 Å². The summed E-state index contributed by atoms with van der Waals surface area (Å²) in [4.78, 5) is 2.30. The van der Waals surface area contributed by atoms with Crippen LogP contribution in [0.2, 0.25) is 0 Å². The molecule has 0 aromatic rings. The van der Waals surface area contributed by atoms with Gasteiger partial charge in [-0.25, -0.2) is 0 Å². The van der Waals surface area contributed by atoms with Crippen LogP contribution in [-0.4, -0.2) is 46.3 Å². The van der Waals surface area contributed by atoms with E-state index in [2.05, 4.69) is 18.7 Å². The zero-order chi connectivity index (χ0) is 11.0. The highest BCUT2D eigenvalue weighted by Gasteiger charge is 2.04. The Kier molecular flexibility index (Phi) is 8.43. The molecular formula is C10H24N2OS. The van der Waals surface area contributed by atoms with Gasteiger partial charge in [0.2, 0.25) is 0 Å². The normalized spacial score (nSPS) is 15.8. The predicted molar refractivity (Wildman–Crippen MR) is 63.9 cm³/mol. The number of nitrogens with two attached hydrogens (primary N) is 1. The van der Waals surface area contributed by atoms with Gasteiger partial charge in [0.1, 0.15) is 0 Å². The van der Waals surface area contributed by atoms with Crippen LogP contribution in [0.3, 0.4) is 0 Å². The van der Waals surface area contributed by atoms with E-state index in [1.165, 1.54) is 0 Å². The summed E-state index contributed by atoms with van der Waals surface area (Å²) in [5.41, 5.74) is 5.60. The molecule has 0 bridgehead atoms. The monoisotopic (exact) mass is 220 g/mol. The smallest absolute Gasteiger partial charge is 0.0362 e. The number of hydrogen-bond donors (Lipinski definition) is 1. The summed E-state index contributed by atoms with van der Waals surface area (Å²) in [6.07, 6.45) is 0.866. The van der Waals surface area contributed by atoms with Crippen LogP contribution in [0, 0.1) is 0 Å². The van der Waals surface area contributed by atoms with Gasteiger partial charge in [-0.05, 0) is 26.4 Å². The third-order valence-electron chi connectivity index (χ3n) is 2.33. The average molecular weight is 220 g/mol. The van der Waals surface area contributed by atoms with Crippen molar-refractivity contribution < 1.29 is 4.21 Å². The minimum Gasteiger partial charge on any atom is -0.328 e. The molecule has 86 valence electrons. The van der Waals surface area contributed by atoms with Crippen LogP contribution >= 0.6 is 0 Å². The number of nitrogens with zero attached hydrogens (tertiary/aromatic N) is 1. The highest BCUT2D eigenvalue weighted by Crippen LogP contribution is 1.94. The molecule has 2 unspecified atom stereocenters. The molecule has 0 radical (unpaired) electrons. The Hall–Kier alpha value is 0.0700. The van der Waals surface area contributed by atoms with Gasteiger partial charge >= 0.3 is 0 Å². The van der Waals surface area contributed by atoms with Crippen molar-refractivity contribution in [1.29, 1.82) is 0 Å². The lowest BCUT2D eigenvalue weighted by Gasteiger charge is -2.17. The van der Waals surface area contributed by atoms with Gasteiger partial charge in [-0.15, -0.1) is 0 Å². The third-order valence-corrected chi connectivity index (χ3v) is 3.66. The largest absolute Gasteiger partial charge is 0.328 e. The molecule has 0 aliphatic heterocycles. The van der Waals surface area contributed by atoms with Crippen molar-refractivity contribution in [2.75, 3.05) is 31.1 Å². The Morgan fingerprint density at radius 1 is 1.29 bits per heavy atom. The van der Waals surface area contributed by atoms with Crippen molar-refractivity contribution in [3.63, 3.8) is 0 Å². The summed E-state index contributed by atoms with van der Waals surface area (Å²) in [5.74, 6) is 1.54. The Morgan fingerprint density at radius 3 is 2.29 bits per heavy atom. The van der Waals surface area contributed by atoms with E-state index in [-0.39, 0.29) is 6.04 Å². The van der Waals surface area contributed by atoms with Crippen molar-refractivity contribution in [3.05, 3.63) is 0 Å². The van der Waals surface area contributed by atoms with E-state index in [1.807, 2.05) is 6.92 Å². The van der Waals surface area contributed by atoms with E-state index >= 15 is 0 Å². The molecule has 0 heterocycles. The van der Waals surface area contributed by atoms with Gasteiger partial charge in [0, 0.05) is 34.9 Å². The van der Waals surface area contributed by atoms with Crippen molar-refractivity contribution in [3.8, 4) is 0 Å². The minimum absolute atomic E-state index is 0.174. The molecule has 2 N–H and O–H groups in total. The van der Waals surface area contributed by atoms with Crippen LogP contribution in [0.25, 0.3) is 0 Å². The summed E-state index contributed by atoms with van der Waals surface area (Å²) < 4.78 is 11.5. The third kappa shape index (κ3) is 7.47. The maximum atomic E-state index is 11.5. The molecular weight excluding hydrogens is 196 g/mol. The van der Waals surface area contributed by atoms with Crippen LogP contribution in [0.15, 0.2) is 0 Å². The van der Waals surface area contributed by atoms with E-state index in [9.17, 15) is 4.21 Å². The van der Waals surface area contributed by atoms with Gasteiger partial charge in [0.15, 0.2) is 0 Å². The van der Waals surface area contributed by atoms with Gasteiger partial charge < -0.3 is 10.6 Å². The fourth-order valence-corrected chi connectivity index (χ4v) is 2.49. The molecule has 3 nitrogen and oxygen atoms in total. The lowest BCUT2D eigenvalue weighted by Crippen LogP contribution is -2.28. The molecule has 4 heteroatoms. The summed E-state index contributed by atoms with van der Waals surface area (Å²) in [6, 6.07) is 0.174. The highest BCUT2D eigenvalue weighted by molar-refractivity contribution is 7.84. The molecule has 0 aromatic heterocycles. The first-order valence-corrected chi connectivity index (χ1v) is 6.91. The summed E-state index contributed by atoms with van der Waals surface area (Å²) in [6.45, 7) is 9.25. The first-order chi connectivity index (χ1) is 6.60. The standard InChI is InChI=1S/C10H24N2OS/c1-4-12(5-2)7-9-14(13)8-6-10(3)11/h10H,4-9,11H2,1-3H3. The Bertz CT molecular complexity index is 158. The summed E-state index contributed by atoms with van der Waals surface area (Å²) in [5, 5.41) is 0. The summed E-state index contributed by atoms with van der Waals surface area (Å²) in [7, 11) is -0.686. The van der Waals surface area contributed by atoms with E-state index in [1.54, 1.807) is 0 Å². The molecule has 0 rings (SSSR count). The van der Waals surface area contributed by atoms with Crippen LogP contribution in [0.1, 0.15) is 27.2 Å². The molecule has 14 heavy (non-hydrogen) atoms. The quantitative estimate of drug-likeness (QED) is 0.658. The highest BCUT2D eigenvalue weighted by atomic mass is 32.2. The fourth-order valence-electron chi connectivity index (χ4n) is 1.19. The SMILES string of the molecule is CCN(CC)CCS(=O)CCC(C)N. The lowest BCUT2D eigenvalue weighted by atomic mass is 10.3. The van der Waals surface area contributed by atoms with E-state index in [0.717, 1.165) is 37.6 Å². The molecule has 0 fully saturated rings. The zero-order valence-electron chi connectivity index (χ0n) is 9.66. The average Bonchev–Trinajstić information content (AvgIpc) is 2.16. The molecule has 0 aliphatic carbocycles. The minimum atomic E-state index is -0.686. The lowest BCUT2D eigenvalue weighted by molar-refractivity contribution is 0.323. The molecule has 0 saturated heterocycles. The molecule has 0 amide bonds. The number of rotatable bonds is 8. The second-order valence-electron chi connectivity index (χ2n) is 3.64. The summed E-state index contributed by atoms with van der Waals surface area (Å²) >= 11 is 0. The Labute approximate surface area is 90.5 Å². The maximum Gasteiger partial charge on any atom is 0.0362 e. The van der Waals surface area contributed by atoms with Gasteiger partial charge in [0.25, 0.3) is 0 Å². The van der Waals surface area contributed by atoms with Crippen molar-refractivity contribution >= 4 is 10.8 Å². The van der Waals surface area contributed by atoms with Gasteiger partial charge in [-0.1, -0.05) is 13.8 Å². The van der Waals surface area contributed by atoms with E-state index < -0.39 is 10.8 Å². The van der Waals surface area contributed by atoms with Crippen LogP contribution in [0.4, 0.5) is 0 Å². The zero-order valence-corrected chi connectivity index (χ0v) is 10.5. The molecule has 0 saturated carbocycles. The Morgan fingerprint density at radius 2 is 1.86 bits per heavy atom. The molecule has 0 aromatic carbocycles. The van der Waals surface area contributed by atoms with Gasteiger partial charge in [-0.2, -0.15) is 0 Å². The van der Waals surface area contributed by atoms with E-state index in [0.29, 0.717) is 0 Å². The first kappa shape index (κ1) is 14.1. The first-order valence-electron chi connectivity index (χ1n) is 5.43. The molecule has 0 spiro atoms. The van der Waals surface area contributed by atoms with Crippen molar-refractivity contribution in [2.45, 2.75) is 33.2 Å². The van der Waals surface area contributed by atoms with Crippen LogP contribution in [0.5, 0.6) is 0 Å². The van der Waals surface area contributed by atoms with Gasteiger partial charge in [-0.3, -0.25) is 4.21 Å². The Balaban J connectivity index is 3.52. The fraction of sp³-hybridized carbons (Fsp3) is 1.00. The second-order valence-corrected chi connectivity index (χ2v) is 5.34. The maximum absolute atomic E-state index is 11.5. The van der Waals surface area contributed by atoms with E-state index in [4.69, 9.17) is 5.73 Å². The molecule has 0 aliphatic rings. The van der Waals surface area contributed by atoms with Crippen LogP contribution in [-0.2, 0) is 10.8 Å². The predicted octanol–water partition coefficient (Wildman–Crippen LogP) is 0.814. The van der Waals surface area contributed by atoms with Crippen molar-refractivity contribution in [1.82, 2.24) is 4.90 Å². The molecule has 2 atom stereocenters.